The third kappa shape index (κ3) is 3.52. The van der Waals surface area contributed by atoms with Crippen LogP contribution in [0.2, 0.25) is 0 Å². The minimum atomic E-state index is -0.566. The fourth-order valence-corrected chi connectivity index (χ4v) is 4.65. The second-order valence-electron chi connectivity index (χ2n) is 8.39. The third-order valence-corrected chi connectivity index (χ3v) is 6.36. The van der Waals surface area contributed by atoms with E-state index in [1.54, 1.807) is 11.8 Å². The van der Waals surface area contributed by atoms with E-state index < -0.39 is 5.60 Å². The van der Waals surface area contributed by atoms with Crippen LogP contribution in [0.1, 0.15) is 67.4 Å². The number of rotatable bonds is 5. The number of methoxy groups -OCH3 is 1. The first-order chi connectivity index (χ1) is 12.9. The Morgan fingerprint density at radius 3 is 2.67 bits per heavy atom. The van der Waals surface area contributed by atoms with Gasteiger partial charge in [-0.05, 0) is 45.4 Å². The molecular formula is C20H31N3O4. The quantitative estimate of drug-likeness (QED) is 0.848. The Balaban J connectivity index is 1.58. The molecule has 4 rings (SSSR count). The molecular weight excluding hydrogens is 346 g/mol. The van der Waals surface area contributed by atoms with Crippen LogP contribution in [0.5, 0.6) is 0 Å². The molecule has 1 saturated heterocycles. The predicted octanol–water partition coefficient (Wildman–Crippen LogP) is 1.93. The van der Waals surface area contributed by atoms with Gasteiger partial charge in [0.15, 0.2) is 0 Å². The number of aromatic nitrogens is 2. The smallest absolute Gasteiger partial charge is 0.272 e. The van der Waals surface area contributed by atoms with Crippen molar-refractivity contribution in [2.45, 2.75) is 70.3 Å². The molecule has 1 aromatic rings. The average molecular weight is 377 g/mol. The summed E-state index contributed by atoms with van der Waals surface area (Å²) in [4.78, 5) is 15.3. The van der Waals surface area contributed by atoms with Gasteiger partial charge in [0.2, 0.25) is 0 Å². The van der Waals surface area contributed by atoms with Crippen LogP contribution in [0, 0.1) is 5.92 Å². The Labute approximate surface area is 160 Å². The zero-order valence-electron chi connectivity index (χ0n) is 16.6. The van der Waals surface area contributed by atoms with Crippen molar-refractivity contribution >= 4 is 5.91 Å². The molecule has 3 heterocycles. The normalized spacial score (nSPS) is 27.5. The van der Waals surface area contributed by atoms with E-state index >= 15 is 0 Å². The van der Waals surface area contributed by atoms with E-state index in [1.165, 1.54) is 0 Å². The van der Waals surface area contributed by atoms with E-state index in [9.17, 15) is 9.90 Å². The number of hydrogen-bond donors (Lipinski definition) is 1. The van der Waals surface area contributed by atoms with Gasteiger partial charge < -0.3 is 19.5 Å². The first-order valence-corrected chi connectivity index (χ1v) is 10.2. The zero-order chi connectivity index (χ0) is 19.2. The third-order valence-electron chi connectivity index (χ3n) is 6.36. The van der Waals surface area contributed by atoms with Gasteiger partial charge in [0.05, 0.1) is 36.7 Å². The second-order valence-corrected chi connectivity index (χ2v) is 8.39. The average Bonchev–Trinajstić information content (AvgIpc) is 3.43. The molecule has 3 aliphatic rings. The highest BCUT2D eigenvalue weighted by molar-refractivity contribution is 5.94. The summed E-state index contributed by atoms with van der Waals surface area (Å²) in [5.74, 6) is 0.465. The second kappa shape index (κ2) is 7.18. The molecule has 1 aromatic heterocycles. The summed E-state index contributed by atoms with van der Waals surface area (Å²) in [6.45, 7) is 6.30. The van der Waals surface area contributed by atoms with Crippen molar-refractivity contribution in [1.82, 2.24) is 14.7 Å². The van der Waals surface area contributed by atoms with E-state index in [1.807, 2.05) is 18.7 Å². The molecule has 150 valence electrons. The molecule has 1 N–H and O–H groups in total. The van der Waals surface area contributed by atoms with Crippen LogP contribution in [0.25, 0.3) is 0 Å². The van der Waals surface area contributed by atoms with E-state index in [2.05, 4.69) is 0 Å². The maximum absolute atomic E-state index is 13.4. The Hall–Kier alpha value is -1.44. The monoisotopic (exact) mass is 377 g/mol. The predicted molar refractivity (Wildman–Crippen MR) is 99.6 cm³/mol. The first-order valence-electron chi connectivity index (χ1n) is 10.2. The number of hydrogen-bond acceptors (Lipinski definition) is 5. The highest BCUT2D eigenvalue weighted by atomic mass is 16.5. The van der Waals surface area contributed by atoms with Crippen molar-refractivity contribution in [3.05, 3.63) is 17.0 Å². The first kappa shape index (κ1) is 18.9. The van der Waals surface area contributed by atoms with Crippen LogP contribution in [-0.2, 0) is 22.4 Å². The fourth-order valence-electron chi connectivity index (χ4n) is 4.65. The van der Waals surface area contributed by atoms with E-state index in [0.717, 1.165) is 24.1 Å². The number of aliphatic hydroxyl groups is 1. The minimum absolute atomic E-state index is 0.0269. The summed E-state index contributed by atoms with van der Waals surface area (Å²) < 4.78 is 12.9. The lowest BCUT2D eigenvalue weighted by atomic mass is 9.86. The molecule has 1 amide bonds. The van der Waals surface area contributed by atoms with Crippen LogP contribution >= 0.6 is 0 Å². The summed E-state index contributed by atoms with van der Waals surface area (Å²) in [7, 11) is 1.65. The van der Waals surface area contributed by atoms with E-state index in [-0.39, 0.29) is 18.1 Å². The largest absolute Gasteiger partial charge is 0.389 e. The number of likely N-dealkylation sites (tertiary alicyclic amines) is 1. The van der Waals surface area contributed by atoms with Crippen molar-refractivity contribution in [3.8, 4) is 0 Å². The summed E-state index contributed by atoms with van der Waals surface area (Å²) in [5.41, 5.74) is 2.01. The lowest BCUT2D eigenvalue weighted by Gasteiger charge is -2.38. The molecule has 0 spiro atoms. The van der Waals surface area contributed by atoms with Crippen molar-refractivity contribution in [1.29, 1.82) is 0 Å². The van der Waals surface area contributed by atoms with Crippen LogP contribution in [-0.4, -0.2) is 64.2 Å². The Morgan fingerprint density at radius 2 is 2.04 bits per heavy atom. The van der Waals surface area contributed by atoms with E-state index in [0.29, 0.717) is 57.1 Å². The highest BCUT2D eigenvalue weighted by Gasteiger charge is 2.46. The lowest BCUT2D eigenvalue weighted by Crippen LogP contribution is -2.48. The lowest BCUT2D eigenvalue weighted by molar-refractivity contribution is -0.0341. The summed E-state index contributed by atoms with van der Waals surface area (Å²) in [5, 5.41) is 15.5. The maximum atomic E-state index is 13.4. The topological polar surface area (TPSA) is 76.8 Å². The molecule has 7 heteroatoms. The van der Waals surface area contributed by atoms with Crippen LogP contribution in [0.15, 0.2) is 0 Å². The van der Waals surface area contributed by atoms with Gasteiger partial charge in [0.1, 0.15) is 5.69 Å². The number of ether oxygens (including phenoxy) is 2. The Bertz CT molecular complexity index is 704. The van der Waals surface area contributed by atoms with Gasteiger partial charge in [0, 0.05) is 32.2 Å². The van der Waals surface area contributed by atoms with Gasteiger partial charge in [-0.25, -0.2) is 0 Å². The molecule has 1 saturated carbocycles. The molecule has 0 radical (unpaired) electrons. The number of piperidine rings is 1. The van der Waals surface area contributed by atoms with E-state index in [4.69, 9.17) is 14.6 Å². The Kier molecular flexibility index (Phi) is 5.03. The zero-order valence-corrected chi connectivity index (χ0v) is 16.6. The highest BCUT2D eigenvalue weighted by Crippen LogP contribution is 2.45. The molecule has 27 heavy (non-hydrogen) atoms. The Morgan fingerprint density at radius 1 is 1.33 bits per heavy atom. The van der Waals surface area contributed by atoms with Crippen LogP contribution in [0.4, 0.5) is 0 Å². The SMILES string of the molecule is COCCn1nc2c(c1C(=O)N1CCC(O)(C3CC3)CC1)C[C@H](C)O[C@@H]2C. The number of carbonyl (C=O) groups is 1. The van der Waals surface area contributed by atoms with Gasteiger partial charge >= 0.3 is 0 Å². The summed E-state index contributed by atoms with van der Waals surface area (Å²) in [6, 6.07) is 0. The van der Waals surface area contributed by atoms with Crippen molar-refractivity contribution in [2.24, 2.45) is 5.92 Å². The minimum Gasteiger partial charge on any atom is -0.389 e. The molecule has 0 bridgehead atoms. The maximum Gasteiger partial charge on any atom is 0.272 e. The molecule has 7 nitrogen and oxygen atoms in total. The van der Waals surface area contributed by atoms with Crippen molar-refractivity contribution < 1.29 is 19.4 Å². The molecule has 0 unspecified atom stereocenters. The van der Waals surface area contributed by atoms with Gasteiger partial charge in [-0.15, -0.1) is 0 Å². The van der Waals surface area contributed by atoms with Gasteiger partial charge in [-0.2, -0.15) is 5.10 Å². The van der Waals surface area contributed by atoms with Crippen LogP contribution in [0.3, 0.4) is 0 Å². The van der Waals surface area contributed by atoms with Gasteiger partial charge in [-0.3, -0.25) is 9.48 Å². The molecule has 2 fully saturated rings. The van der Waals surface area contributed by atoms with Gasteiger partial charge in [0.25, 0.3) is 5.91 Å². The number of amides is 1. The fraction of sp³-hybridized carbons (Fsp3) is 0.800. The van der Waals surface area contributed by atoms with Crippen molar-refractivity contribution in [2.75, 3.05) is 26.8 Å². The molecule has 0 aromatic carbocycles. The molecule has 1 aliphatic carbocycles. The molecule has 2 aliphatic heterocycles. The number of nitrogens with zero attached hydrogens (tertiary/aromatic N) is 3. The van der Waals surface area contributed by atoms with Gasteiger partial charge in [-0.1, -0.05) is 0 Å². The van der Waals surface area contributed by atoms with Crippen molar-refractivity contribution in [3.63, 3.8) is 0 Å². The number of fused-ring (bicyclic) bond motifs is 1. The summed E-state index contributed by atoms with van der Waals surface area (Å²) >= 11 is 0. The van der Waals surface area contributed by atoms with Crippen LogP contribution < -0.4 is 0 Å². The standard InChI is InChI=1S/C20H31N3O4/c1-13-12-16-17(14(2)27-13)21-23(10-11-26-3)18(16)19(24)22-8-6-20(25,7-9-22)15-4-5-15/h13-15,25H,4-12H2,1-3H3/t13-,14+/m0/s1. The molecule has 2 atom stereocenters. The number of carbonyl (C=O) groups excluding carboxylic acids is 1. The summed E-state index contributed by atoms with van der Waals surface area (Å²) in [6.07, 6.45) is 4.25.